The van der Waals surface area contributed by atoms with Crippen LogP contribution in [0, 0.1) is 0 Å². The molecule has 0 heterocycles. The average Bonchev–Trinajstić information content (AvgIpc) is 1.98. The molecule has 74 valence electrons. The van der Waals surface area contributed by atoms with Gasteiger partial charge in [0.1, 0.15) is 0 Å². The summed E-state index contributed by atoms with van der Waals surface area (Å²) in [5.41, 5.74) is 0.410. The monoisotopic (exact) mass is 188 g/mol. The predicted molar refractivity (Wildman–Crippen MR) is 46.4 cm³/mol. The van der Waals surface area contributed by atoms with E-state index in [1.807, 2.05) is 0 Å². The second-order valence-corrected chi connectivity index (χ2v) is 1.94. The summed E-state index contributed by atoms with van der Waals surface area (Å²) in [6.07, 6.45) is 1.14. The van der Waals surface area contributed by atoms with Gasteiger partial charge in [-0.2, -0.15) is 0 Å². The molecule has 5 heteroatoms. The first kappa shape index (κ1) is 13.8. The number of hydrogen-bond acceptors (Lipinski definition) is 3. The Labute approximate surface area is 75.9 Å². The quantitative estimate of drug-likeness (QED) is 0.392. The molecule has 0 radical (unpaired) electrons. The Hall–Kier alpha value is -1.78. The molecule has 0 unspecified atom stereocenters. The predicted octanol–water partition coefficient (Wildman–Crippen LogP) is 1.86. The van der Waals surface area contributed by atoms with Crippen LogP contribution in [0.5, 0.6) is 0 Å². The summed E-state index contributed by atoms with van der Waals surface area (Å²) in [5.74, 6) is -0.381. The number of ether oxygens (including phenoxy) is 1. The van der Waals surface area contributed by atoms with E-state index in [1.54, 1.807) is 19.9 Å². The zero-order valence-corrected chi connectivity index (χ0v) is 7.48. The van der Waals surface area contributed by atoms with Gasteiger partial charge in [0, 0.05) is 5.57 Å². The van der Waals surface area contributed by atoms with E-state index in [2.05, 4.69) is 11.3 Å². The number of carbonyl (C=O) groups excluding carboxylic acids is 1. The highest BCUT2D eigenvalue weighted by Crippen LogP contribution is 1.91. The standard InChI is InChI=1S/C7H10O2.CH2O3/c1-4-5-9-7(8)6(2)3;2-1(3)4/h4-5H,2H2,1,3H3;(H2,2,3,4). The van der Waals surface area contributed by atoms with E-state index in [0.717, 1.165) is 0 Å². The normalized spacial score (nSPS) is 8.46. The first-order chi connectivity index (χ1) is 5.91. The fraction of sp³-hybridized carbons (Fsp3) is 0.250. The Morgan fingerprint density at radius 1 is 1.38 bits per heavy atom. The minimum Gasteiger partial charge on any atom is -0.450 e. The van der Waals surface area contributed by atoms with Crippen molar-refractivity contribution in [2.24, 2.45) is 0 Å². The molecule has 5 nitrogen and oxygen atoms in total. The lowest BCUT2D eigenvalue weighted by Crippen LogP contribution is -1.98. The molecule has 0 saturated carbocycles. The van der Waals surface area contributed by atoms with Crippen molar-refractivity contribution >= 4 is 12.1 Å². The van der Waals surface area contributed by atoms with Crippen LogP contribution in [0.1, 0.15) is 13.8 Å². The van der Waals surface area contributed by atoms with Crippen molar-refractivity contribution < 1.29 is 24.5 Å². The molecule has 13 heavy (non-hydrogen) atoms. The number of carboxylic acid groups (broad SMARTS) is 2. The molecule has 0 fully saturated rings. The van der Waals surface area contributed by atoms with Crippen LogP contribution < -0.4 is 0 Å². The maximum absolute atomic E-state index is 10.5. The number of rotatable bonds is 2. The molecule has 0 aliphatic rings. The summed E-state index contributed by atoms with van der Waals surface area (Å²) < 4.78 is 4.53. The third-order valence-electron chi connectivity index (χ3n) is 0.660. The van der Waals surface area contributed by atoms with Crippen molar-refractivity contribution in [3.8, 4) is 0 Å². The van der Waals surface area contributed by atoms with Gasteiger partial charge in [0.15, 0.2) is 0 Å². The SMILES string of the molecule is C=C(C)C(=O)OC=CC.O=C(O)O. The molecule has 0 aromatic carbocycles. The molecule has 0 aliphatic heterocycles. The van der Waals surface area contributed by atoms with E-state index in [4.69, 9.17) is 15.0 Å². The second kappa shape index (κ2) is 8.32. The van der Waals surface area contributed by atoms with Gasteiger partial charge < -0.3 is 14.9 Å². The van der Waals surface area contributed by atoms with Crippen LogP contribution >= 0.6 is 0 Å². The zero-order valence-electron chi connectivity index (χ0n) is 7.48. The lowest BCUT2D eigenvalue weighted by Gasteiger charge is -1.93. The number of allylic oxidation sites excluding steroid dienone is 1. The fourth-order valence-corrected chi connectivity index (χ4v) is 0.230. The molecule has 0 aromatic rings. The molecule has 0 amide bonds. The van der Waals surface area contributed by atoms with Gasteiger partial charge in [-0.15, -0.1) is 0 Å². The third-order valence-corrected chi connectivity index (χ3v) is 0.660. The average molecular weight is 188 g/mol. The highest BCUT2D eigenvalue weighted by Gasteiger charge is 1.97. The van der Waals surface area contributed by atoms with E-state index < -0.39 is 6.16 Å². The van der Waals surface area contributed by atoms with E-state index in [0.29, 0.717) is 5.57 Å². The fourth-order valence-electron chi connectivity index (χ4n) is 0.230. The van der Waals surface area contributed by atoms with Crippen LogP contribution in [-0.4, -0.2) is 22.3 Å². The van der Waals surface area contributed by atoms with E-state index in [-0.39, 0.29) is 5.97 Å². The Morgan fingerprint density at radius 3 is 2.00 bits per heavy atom. The lowest BCUT2D eigenvalue weighted by molar-refractivity contribution is -0.133. The van der Waals surface area contributed by atoms with Gasteiger partial charge in [0.05, 0.1) is 6.26 Å². The van der Waals surface area contributed by atoms with Crippen LogP contribution in [0.4, 0.5) is 4.79 Å². The minimum absolute atomic E-state index is 0.381. The minimum atomic E-state index is -1.83. The number of esters is 1. The topological polar surface area (TPSA) is 83.8 Å². The molecule has 0 atom stereocenters. The number of hydrogen-bond donors (Lipinski definition) is 2. The molecule has 0 aliphatic carbocycles. The van der Waals surface area contributed by atoms with Gasteiger partial charge in [0.2, 0.25) is 0 Å². The van der Waals surface area contributed by atoms with Crippen molar-refractivity contribution in [3.63, 3.8) is 0 Å². The molecule has 0 saturated heterocycles. The van der Waals surface area contributed by atoms with E-state index in [1.165, 1.54) is 6.26 Å². The molecule has 2 N–H and O–H groups in total. The maximum atomic E-state index is 10.5. The van der Waals surface area contributed by atoms with Crippen molar-refractivity contribution in [1.29, 1.82) is 0 Å². The molecule has 0 bridgehead atoms. The number of carbonyl (C=O) groups is 2. The van der Waals surface area contributed by atoms with Gasteiger partial charge in [0.25, 0.3) is 0 Å². The molecular formula is C8H12O5. The molecule has 0 aromatic heterocycles. The van der Waals surface area contributed by atoms with Gasteiger partial charge in [-0.3, -0.25) is 0 Å². The third kappa shape index (κ3) is 17.8. The second-order valence-electron chi connectivity index (χ2n) is 1.94. The first-order valence-electron chi connectivity index (χ1n) is 3.31. The van der Waals surface area contributed by atoms with Crippen LogP contribution in [0.25, 0.3) is 0 Å². The van der Waals surface area contributed by atoms with Gasteiger partial charge in [-0.1, -0.05) is 12.7 Å². The van der Waals surface area contributed by atoms with E-state index in [9.17, 15) is 4.79 Å². The highest BCUT2D eigenvalue weighted by atomic mass is 16.6. The summed E-state index contributed by atoms with van der Waals surface area (Å²) in [6, 6.07) is 0. The van der Waals surface area contributed by atoms with Gasteiger partial charge >= 0.3 is 12.1 Å². The van der Waals surface area contributed by atoms with Crippen LogP contribution in [-0.2, 0) is 9.53 Å². The Bertz CT molecular complexity index is 213. The zero-order chi connectivity index (χ0) is 10.9. The summed E-state index contributed by atoms with van der Waals surface area (Å²) in [6.45, 7) is 6.77. The van der Waals surface area contributed by atoms with Crippen LogP contribution in [0.15, 0.2) is 24.5 Å². The maximum Gasteiger partial charge on any atom is 0.503 e. The molecule has 0 spiro atoms. The van der Waals surface area contributed by atoms with Gasteiger partial charge in [-0.25, -0.2) is 9.59 Å². The van der Waals surface area contributed by atoms with Crippen molar-refractivity contribution in [3.05, 3.63) is 24.5 Å². The molecule has 0 rings (SSSR count). The Morgan fingerprint density at radius 2 is 1.77 bits per heavy atom. The van der Waals surface area contributed by atoms with E-state index >= 15 is 0 Å². The van der Waals surface area contributed by atoms with Crippen molar-refractivity contribution in [1.82, 2.24) is 0 Å². The van der Waals surface area contributed by atoms with Crippen molar-refractivity contribution in [2.75, 3.05) is 0 Å². The largest absolute Gasteiger partial charge is 0.503 e. The highest BCUT2D eigenvalue weighted by molar-refractivity contribution is 5.87. The van der Waals surface area contributed by atoms with Crippen LogP contribution in [0.2, 0.25) is 0 Å². The van der Waals surface area contributed by atoms with Crippen LogP contribution in [0.3, 0.4) is 0 Å². The summed E-state index contributed by atoms with van der Waals surface area (Å²) in [4.78, 5) is 19.1. The summed E-state index contributed by atoms with van der Waals surface area (Å²) >= 11 is 0. The summed E-state index contributed by atoms with van der Waals surface area (Å²) in [5, 5.41) is 13.9. The first-order valence-corrected chi connectivity index (χ1v) is 3.31. The lowest BCUT2D eigenvalue weighted by atomic mass is 10.4. The summed E-state index contributed by atoms with van der Waals surface area (Å²) in [7, 11) is 0. The van der Waals surface area contributed by atoms with Gasteiger partial charge in [-0.05, 0) is 13.8 Å². The Balaban J connectivity index is 0. The smallest absolute Gasteiger partial charge is 0.450 e. The Kier molecular flexibility index (Phi) is 8.82. The van der Waals surface area contributed by atoms with Crippen molar-refractivity contribution in [2.45, 2.75) is 13.8 Å². The molecular weight excluding hydrogens is 176 g/mol.